The number of likely N-dealkylation sites (tertiary alicyclic amines) is 1. The number of piperidine rings is 1. The highest BCUT2D eigenvalue weighted by Crippen LogP contribution is 2.21. The second-order valence-corrected chi connectivity index (χ2v) is 7.25. The largest absolute Gasteiger partial charge is 0.341 e. The van der Waals surface area contributed by atoms with Crippen LogP contribution in [-0.2, 0) is 11.3 Å². The number of pyridine rings is 1. The summed E-state index contributed by atoms with van der Waals surface area (Å²) in [6.45, 7) is 5.90. The monoisotopic (exact) mass is 338 g/mol. The van der Waals surface area contributed by atoms with Gasteiger partial charge in [0.25, 0.3) is 5.56 Å². The first-order valence-electron chi connectivity index (χ1n) is 8.77. The maximum atomic E-state index is 12.9. The zero-order valence-electron chi connectivity index (χ0n) is 14.6. The zero-order chi connectivity index (χ0) is 17.6. The van der Waals surface area contributed by atoms with E-state index < -0.39 is 0 Å². The number of nitrogens with zero attached hydrogens (tertiary/aromatic N) is 4. The molecule has 25 heavy (non-hydrogen) atoms. The van der Waals surface area contributed by atoms with Crippen molar-refractivity contribution in [2.24, 2.45) is 11.8 Å². The topological polar surface area (TPSA) is 59.6 Å². The Morgan fingerprint density at radius 1 is 1.16 bits per heavy atom. The summed E-state index contributed by atoms with van der Waals surface area (Å²) in [6.07, 6.45) is 4.65. The van der Waals surface area contributed by atoms with Crippen LogP contribution >= 0.6 is 0 Å². The molecule has 1 aliphatic rings. The summed E-state index contributed by atoms with van der Waals surface area (Å²) < 4.78 is 3.34. The van der Waals surface area contributed by atoms with Crippen LogP contribution in [-0.4, -0.2) is 37.8 Å². The van der Waals surface area contributed by atoms with Crippen LogP contribution < -0.4 is 5.56 Å². The number of carbonyl (C=O) groups is 1. The van der Waals surface area contributed by atoms with Gasteiger partial charge in [0.1, 0.15) is 12.1 Å². The van der Waals surface area contributed by atoms with Crippen molar-refractivity contribution >= 4 is 22.6 Å². The van der Waals surface area contributed by atoms with E-state index >= 15 is 0 Å². The fourth-order valence-electron chi connectivity index (χ4n) is 4.03. The lowest BCUT2D eigenvalue weighted by molar-refractivity contribution is -0.134. The van der Waals surface area contributed by atoms with Crippen molar-refractivity contribution in [2.75, 3.05) is 13.1 Å². The minimum atomic E-state index is -0.178. The Bertz CT molecular complexity index is 993. The van der Waals surface area contributed by atoms with Gasteiger partial charge in [0.05, 0.1) is 5.52 Å². The van der Waals surface area contributed by atoms with Crippen molar-refractivity contribution in [2.45, 2.75) is 26.8 Å². The molecule has 0 radical (unpaired) electrons. The predicted octanol–water partition coefficient (Wildman–Crippen LogP) is 2.15. The van der Waals surface area contributed by atoms with Gasteiger partial charge < -0.3 is 9.30 Å². The van der Waals surface area contributed by atoms with Crippen molar-refractivity contribution in [1.82, 2.24) is 18.9 Å². The quantitative estimate of drug-likeness (QED) is 0.719. The Morgan fingerprint density at radius 3 is 2.64 bits per heavy atom. The average Bonchev–Trinajstić information content (AvgIpc) is 3.07. The van der Waals surface area contributed by atoms with Crippen molar-refractivity contribution in [3.8, 4) is 0 Å². The van der Waals surface area contributed by atoms with Crippen LogP contribution in [0.25, 0.3) is 16.7 Å². The fraction of sp³-hybridized carbons (Fsp3) is 0.421. The number of fused-ring (bicyclic) bond motifs is 3. The van der Waals surface area contributed by atoms with Crippen LogP contribution in [0.15, 0.2) is 41.5 Å². The third-order valence-corrected chi connectivity index (χ3v) is 5.01. The molecule has 6 heteroatoms. The van der Waals surface area contributed by atoms with Crippen LogP contribution in [0.3, 0.4) is 0 Å². The van der Waals surface area contributed by atoms with E-state index in [1.807, 2.05) is 33.7 Å². The van der Waals surface area contributed by atoms with Gasteiger partial charge >= 0.3 is 0 Å². The van der Waals surface area contributed by atoms with E-state index in [0.29, 0.717) is 23.0 Å². The Labute approximate surface area is 145 Å². The molecule has 3 aromatic rings. The predicted molar refractivity (Wildman–Crippen MR) is 96.5 cm³/mol. The molecular formula is C19H22N4O2. The summed E-state index contributed by atoms with van der Waals surface area (Å²) in [5.41, 5.74) is 1.76. The maximum Gasteiger partial charge on any atom is 0.276 e. The standard InChI is InChI=1S/C19H22N4O2/c1-13-9-14(2)11-21(10-13)17(24)12-23-18-15(5-3-7-20-18)22-8-4-6-16(22)19(23)25/h3-8,13-14H,9-12H2,1-2H3/t13-,14-/m0/s1. The second kappa shape index (κ2) is 6.02. The van der Waals surface area contributed by atoms with Gasteiger partial charge in [0.2, 0.25) is 5.91 Å². The lowest BCUT2D eigenvalue weighted by atomic mass is 9.92. The van der Waals surface area contributed by atoms with Crippen LogP contribution in [0.4, 0.5) is 0 Å². The molecule has 0 bridgehead atoms. The molecule has 3 aromatic heterocycles. The van der Waals surface area contributed by atoms with E-state index in [1.54, 1.807) is 12.3 Å². The molecule has 0 aliphatic carbocycles. The van der Waals surface area contributed by atoms with Gasteiger partial charge in [-0.2, -0.15) is 0 Å². The molecule has 0 N–H and O–H groups in total. The maximum absolute atomic E-state index is 12.9. The molecular weight excluding hydrogens is 316 g/mol. The Balaban J connectivity index is 1.77. The summed E-state index contributed by atoms with van der Waals surface area (Å²) in [6, 6.07) is 7.37. The molecule has 1 saturated heterocycles. The smallest absolute Gasteiger partial charge is 0.276 e. The SMILES string of the molecule is C[C@H]1C[C@H](C)CN(C(=O)Cn2c(=O)c3cccn3c3cccnc32)C1. The van der Waals surface area contributed by atoms with Gasteiger partial charge in [-0.3, -0.25) is 14.2 Å². The number of hydrogen-bond donors (Lipinski definition) is 0. The van der Waals surface area contributed by atoms with E-state index in [-0.39, 0.29) is 18.0 Å². The molecule has 130 valence electrons. The van der Waals surface area contributed by atoms with Gasteiger partial charge in [-0.1, -0.05) is 13.8 Å². The average molecular weight is 338 g/mol. The van der Waals surface area contributed by atoms with Gasteiger partial charge in [0.15, 0.2) is 5.65 Å². The van der Waals surface area contributed by atoms with E-state index in [2.05, 4.69) is 18.8 Å². The summed E-state index contributed by atoms with van der Waals surface area (Å²) in [7, 11) is 0. The highest BCUT2D eigenvalue weighted by Gasteiger charge is 2.26. The summed E-state index contributed by atoms with van der Waals surface area (Å²) in [4.78, 5) is 32.0. The van der Waals surface area contributed by atoms with E-state index in [9.17, 15) is 9.59 Å². The summed E-state index contributed by atoms with van der Waals surface area (Å²) in [5, 5.41) is 0. The Morgan fingerprint density at radius 2 is 1.88 bits per heavy atom. The first kappa shape index (κ1) is 15.9. The zero-order valence-corrected chi connectivity index (χ0v) is 14.6. The first-order chi connectivity index (χ1) is 12.0. The number of rotatable bonds is 2. The molecule has 0 saturated carbocycles. The van der Waals surface area contributed by atoms with Crippen molar-refractivity contribution in [3.05, 3.63) is 47.0 Å². The Hall–Kier alpha value is -2.63. The number of hydrogen-bond acceptors (Lipinski definition) is 3. The lowest BCUT2D eigenvalue weighted by Gasteiger charge is -2.35. The van der Waals surface area contributed by atoms with Crippen molar-refractivity contribution in [1.29, 1.82) is 0 Å². The minimum absolute atomic E-state index is 0.0108. The fourth-order valence-corrected chi connectivity index (χ4v) is 4.03. The lowest BCUT2D eigenvalue weighted by Crippen LogP contribution is -2.45. The minimum Gasteiger partial charge on any atom is -0.341 e. The first-order valence-corrected chi connectivity index (χ1v) is 8.77. The van der Waals surface area contributed by atoms with Gasteiger partial charge in [-0.15, -0.1) is 0 Å². The molecule has 6 nitrogen and oxygen atoms in total. The molecule has 1 aliphatic heterocycles. The van der Waals surface area contributed by atoms with Gasteiger partial charge in [-0.05, 0) is 42.5 Å². The second-order valence-electron chi connectivity index (χ2n) is 7.25. The van der Waals surface area contributed by atoms with E-state index in [1.165, 1.54) is 4.57 Å². The molecule has 4 heterocycles. The van der Waals surface area contributed by atoms with Crippen LogP contribution in [0.2, 0.25) is 0 Å². The van der Waals surface area contributed by atoms with Gasteiger partial charge in [0, 0.05) is 25.5 Å². The molecule has 4 rings (SSSR count). The molecule has 1 amide bonds. The Kier molecular flexibility index (Phi) is 3.82. The number of amides is 1. The van der Waals surface area contributed by atoms with Crippen LogP contribution in [0, 0.1) is 11.8 Å². The van der Waals surface area contributed by atoms with Gasteiger partial charge in [-0.25, -0.2) is 4.98 Å². The number of carbonyl (C=O) groups excluding carboxylic acids is 1. The van der Waals surface area contributed by atoms with E-state index in [0.717, 1.165) is 25.0 Å². The summed E-state index contributed by atoms with van der Waals surface area (Å²) >= 11 is 0. The highest BCUT2D eigenvalue weighted by molar-refractivity contribution is 5.80. The summed E-state index contributed by atoms with van der Waals surface area (Å²) in [5.74, 6) is 0.975. The molecule has 0 spiro atoms. The molecule has 1 fully saturated rings. The van der Waals surface area contributed by atoms with Crippen LogP contribution in [0.5, 0.6) is 0 Å². The third-order valence-electron chi connectivity index (χ3n) is 5.01. The molecule has 2 atom stereocenters. The third kappa shape index (κ3) is 2.71. The molecule has 0 unspecified atom stereocenters. The number of aromatic nitrogens is 3. The van der Waals surface area contributed by atoms with Crippen molar-refractivity contribution < 1.29 is 4.79 Å². The van der Waals surface area contributed by atoms with Crippen LogP contribution in [0.1, 0.15) is 20.3 Å². The van der Waals surface area contributed by atoms with E-state index in [4.69, 9.17) is 0 Å². The highest BCUT2D eigenvalue weighted by atomic mass is 16.2. The molecule has 0 aromatic carbocycles. The normalized spacial score (nSPS) is 21.1. The van der Waals surface area contributed by atoms with Crippen molar-refractivity contribution in [3.63, 3.8) is 0 Å².